The first kappa shape index (κ1) is 18.0. The molecule has 2 fully saturated rings. The number of hydrogen-bond acceptors (Lipinski definition) is 3. The number of urea groups is 1. The largest absolute Gasteiger partial charge is 0.375 e. The first-order chi connectivity index (χ1) is 13.1. The standard InChI is InChI=1S/C22H27N3O2/c1-16-5-6-19(17(2)14-16)20(18-4-3-10-23-15-18)24-21(26)25-11-7-22(8-12-25)9-13-27-22/h3-6,10,14-15,20H,7-9,11-13H2,1-2H3,(H,24,26). The molecule has 2 aliphatic rings. The number of aromatic nitrogens is 1. The Morgan fingerprint density at radius 2 is 2.00 bits per heavy atom. The van der Waals surface area contributed by atoms with Gasteiger partial charge < -0.3 is 15.0 Å². The van der Waals surface area contributed by atoms with E-state index < -0.39 is 0 Å². The molecule has 5 nitrogen and oxygen atoms in total. The van der Waals surface area contributed by atoms with E-state index in [2.05, 4.69) is 42.3 Å². The van der Waals surface area contributed by atoms with Crippen molar-refractivity contribution in [3.8, 4) is 0 Å². The maximum Gasteiger partial charge on any atom is 0.318 e. The second kappa shape index (κ2) is 7.31. The van der Waals surface area contributed by atoms with Crippen LogP contribution >= 0.6 is 0 Å². The minimum absolute atomic E-state index is 0.0157. The number of nitrogens with one attached hydrogen (secondary N) is 1. The fraction of sp³-hybridized carbons (Fsp3) is 0.455. The van der Waals surface area contributed by atoms with Crippen LogP contribution in [0.2, 0.25) is 0 Å². The second-order valence-corrected chi connectivity index (χ2v) is 7.80. The molecule has 0 aliphatic carbocycles. The monoisotopic (exact) mass is 365 g/mol. The van der Waals surface area contributed by atoms with Crippen LogP contribution in [0.5, 0.6) is 0 Å². The molecule has 3 heterocycles. The molecule has 27 heavy (non-hydrogen) atoms. The highest BCUT2D eigenvalue weighted by molar-refractivity contribution is 5.75. The van der Waals surface area contributed by atoms with E-state index in [1.807, 2.05) is 23.2 Å². The number of rotatable bonds is 3. The lowest BCUT2D eigenvalue weighted by molar-refractivity contribution is -0.169. The lowest BCUT2D eigenvalue weighted by Gasteiger charge is -2.47. The lowest BCUT2D eigenvalue weighted by atomic mass is 9.84. The Balaban J connectivity index is 1.53. The van der Waals surface area contributed by atoms with Gasteiger partial charge in [0.1, 0.15) is 0 Å². The first-order valence-electron chi connectivity index (χ1n) is 9.73. The summed E-state index contributed by atoms with van der Waals surface area (Å²) in [7, 11) is 0. The van der Waals surface area contributed by atoms with Crippen LogP contribution in [0.25, 0.3) is 0 Å². The Morgan fingerprint density at radius 1 is 1.22 bits per heavy atom. The molecule has 2 aromatic rings. The molecular formula is C22H27N3O2. The average molecular weight is 365 g/mol. The zero-order valence-corrected chi connectivity index (χ0v) is 16.1. The van der Waals surface area contributed by atoms with Gasteiger partial charge in [-0.15, -0.1) is 0 Å². The van der Waals surface area contributed by atoms with E-state index in [0.29, 0.717) is 0 Å². The van der Waals surface area contributed by atoms with E-state index in [-0.39, 0.29) is 17.7 Å². The molecule has 2 amide bonds. The van der Waals surface area contributed by atoms with Crippen molar-refractivity contribution >= 4 is 6.03 Å². The lowest BCUT2D eigenvalue weighted by Crippen LogP contribution is -2.55. The van der Waals surface area contributed by atoms with Crippen molar-refractivity contribution in [2.75, 3.05) is 19.7 Å². The smallest absolute Gasteiger partial charge is 0.318 e. The van der Waals surface area contributed by atoms with Gasteiger partial charge in [0, 0.05) is 25.5 Å². The summed E-state index contributed by atoms with van der Waals surface area (Å²) in [6.07, 6.45) is 6.58. The molecule has 5 heteroatoms. The Morgan fingerprint density at radius 3 is 2.59 bits per heavy atom. The molecule has 0 radical (unpaired) electrons. The number of carbonyl (C=O) groups excluding carboxylic acids is 1. The number of likely N-dealkylation sites (tertiary alicyclic amines) is 1. The minimum atomic E-state index is -0.206. The fourth-order valence-corrected chi connectivity index (χ4v) is 4.15. The summed E-state index contributed by atoms with van der Waals surface area (Å²) in [6, 6.07) is 10.1. The zero-order chi connectivity index (χ0) is 18.9. The van der Waals surface area contributed by atoms with Gasteiger partial charge in [-0.05, 0) is 55.9 Å². The predicted octanol–water partition coefficient (Wildman–Crippen LogP) is 3.75. The predicted molar refractivity (Wildman–Crippen MR) is 105 cm³/mol. The van der Waals surface area contributed by atoms with Gasteiger partial charge in [-0.2, -0.15) is 0 Å². The van der Waals surface area contributed by atoms with Gasteiger partial charge in [0.2, 0.25) is 0 Å². The zero-order valence-electron chi connectivity index (χ0n) is 16.1. The third-order valence-corrected chi connectivity index (χ3v) is 5.95. The summed E-state index contributed by atoms with van der Waals surface area (Å²) in [4.78, 5) is 19.2. The van der Waals surface area contributed by atoms with Crippen molar-refractivity contribution in [2.24, 2.45) is 0 Å². The molecule has 142 valence electrons. The van der Waals surface area contributed by atoms with Gasteiger partial charge >= 0.3 is 6.03 Å². The molecule has 0 bridgehead atoms. The van der Waals surface area contributed by atoms with Gasteiger partial charge in [-0.1, -0.05) is 29.8 Å². The summed E-state index contributed by atoms with van der Waals surface area (Å²) in [5.74, 6) is 0. The summed E-state index contributed by atoms with van der Waals surface area (Å²) < 4.78 is 5.77. The average Bonchev–Trinajstić information content (AvgIpc) is 2.66. The van der Waals surface area contributed by atoms with Crippen LogP contribution in [-0.4, -0.2) is 41.2 Å². The number of benzene rings is 1. The summed E-state index contributed by atoms with van der Waals surface area (Å²) >= 11 is 0. The third kappa shape index (κ3) is 3.69. The molecular weight excluding hydrogens is 338 g/mol. The van der Waals surface area contributed by atoms with E-state index in [9.17, 15) is 4.79 Å². The van der Waals surface area contributed by atoms with E-state index in [1.165, 1.54) is 11.1 Å². The van der Waals surface area contributed by atoms with E-state index >= 15 is 0 Å². The first-order valence-corrected chi connectivity index (χ1v) is 9.73. The Hall–Kier alpha value is -2.40. The van der Waals surface area contributed by atoms with Crippen molar-refractivity contribution in [3.63, 3.8) is 0 Å². The molecule has 4 rings (SSSR count). The number of ether oxygens (including phenoxy) is 1. The number of hydrogen-bond donors (Lipinski definition) is 1. The van der Waals surface area contributed by atoms with Gasteiger partial charge in [0.05, 0.1) is 18.2 Å². The maximum atomic E-state index is 13.0. The van der Waals surface area contributed by atoms with Crippen LogP contribution in [-0.2, 0) is 4.74 Å². The van der Waals surface area contributed by atoms with Crippen molar-refractivity contribution in [3.05, 3.63) is 65.0 Å². The third-order valence-electron chi connectivity index (χ3n) is 5.95. The van der Waals surface area contributed by atoms with Gasteiger partial charge in [0.15, 0.2) is 0 Å². The van der Waals surface area contributed by atoms with Crippen LogP contribution in [0.3, 0.4) is 0 Å². The number of amides is 2. The van der Waals surface area contributed by atoms with Crippen LogP contribution in [0.1, 0.15) is 47.6 Å². The minimum Gasteiger partial charge on any atom is -0.375 e. The van der Waals surface area contributed by atoms with E-state index in [1.54, 1.807) is 6.20 Å². The molecule has 1 atom stereocenters. The number of pyridine rings is 1. The Labute approximate surface area is 160 Å². The molecule has 1 aromatic carbocycles. The molecule has 1 spiro atoms. The van der Waals surface area contributed by atoms with Crippen LogP contribution in [0.15, 0.2) is 42.7 Å². The summed E-state index contributed by atoms with van der Waals surface area (Å²) in [5.41, 5.74) is 4.54. The van der Waals surface area contributed by atoms with Crippen molar-refractivity contribution in [1.82, 2.24) is 15.2 Å². The fourth-order valence-electron chi connectivity index (χ4n) is 4.15. The van der Waals surface area contributed by atoms with Gasteiger partial charge in [0.25, 0.3) is 0 Å². The highest BCUT2D eigenvalue weighted by atomic mass is 16.5. The quantitative estimate of drug-likeness (QED) is 0.901. The normalized spacial score (nSPS) is 19.4. The van der Waals surface area contributed by atoms with Crippen molar-refractivity contribution < 1.29 is 9.53 Å². The van der Waals surface area contributed by atoms with Crippen LogP contribution < -0.4 is 5.32 Å². The number of aryl methyl sites for hydroxylation is 2. The van der Waals surface area contributed by atoms with Crippen LogP contribution in [0.4, 0.5) is 4.79 Å². The molecule has 1 unspecified atom stereocenters. The molecule has 2 saturated heterocycles. The topological polar surface area (TPSA) is 54.5 Å². The number of carbonyl (C=O) groups is 1. The maximum absolute atomic E-state index is 13.0. The molecule has 0 saturated carbocycles. The second-order valence-electron chi connectivity index (χ2n) is 7.80. The van der Waals surface area contributed by atoms with Gasteiger partial charge in [-0.3, -0.25) is 4.98 Å². The molecule has 1 N–H and O–H groups in total. The van der Waals surface area contributed by atoms with Crippen LogP contribution in [0, 0.1) is 13.8 Å². The highest BCUT2D eigenvalue weighted by Crippen LogP contribution is 2.36. The highest BCUT2D eigenvalue weighted by Gasteiger charge is 2.42. The number of piperidine rings is 1. The van der Waals surface area contributed by atoms with Crippen molar-refractivity contribution in [2.45, 2.75) is 44.8 Å². The van der Waals surface area contributed by atoms with E-state index in [4.69, 9.17) is 4.74 Å². The SMILES string of the molecule is Cc1ccc(C(NC(=O)N2CCC3(CCO3)CC2)c2cccnc2)c(C)c1. The Kier molecular flexibility index (Phi) is 4.87. The van der Waals surface area contributed by atoms with E-state index in [0.717, 1.165) is 50.1 Å². The summed E-state index contributed by atoms with van der Waals surface area (Å²) in [5, 5.41) is 3.25. The molecule has 2 aliphatic heterocycles. The number of nitrogens with zero attached hydrogens (tertiary/aromatic N) is 2. The van der Waals surface area contributed by atoms with Gasteiger partial charge in [-0.25, -0.2) is 4.79 Å². The molecule has 1 aromatic heterocycles. The Bertz CT molecular complexity index is 808. The van der Waals surface area contributed by atoms with Crippen molar-refractivity contribution in [1.29, 1.82) is 0 Å². The summed E-state index contributed by atoms with van der Waals surface area (Å²) in [6.45, 7) is 6.54.